The second-order valence-electron chi connectivity index (χ2n) is 4.86. The van der Waals surface area contributed by atoms with Crippen molar-refractivity contribution in [3.63, 3.8) is 0 Å². The van der Waals surface area contributed by atoms with Crippen LogP contribution in [0.15, 0.2) is 12.3 Å². The molecule has 1 amide bonds. The van der Waals surface area contributed by atoms with E-state index in [1.165, 1.54) is 17.2 Å². The number of ether oxygens (including phenoxy) is 1. The Kier molecular flexibility index (Phi) is 4.72. The van der Waals surface area contributed by atoms with Gasteiger partial charge in [0.05, 0.1) is 23.6 Å². The maximum absolute atomic E-state index is 12.0. The van der Waals surface area contributed by atoms with Crippen LogP contribution >= 0.6 is 10.7 Å². The van der Waals surface area contributed by atoms with Gasteiger partial charge in [0.1, 0.15) is 5.25 Å². The van der Waals surface area contributed by atoms with Gasteiger partial charge in [-0.3, -0.25) is 9.78 Å². The predicted octanol–water partition coefficient (Wildman–Crippen LogP) is 1.24. The highest BCUT2D eigenvalue weighted by Gasteiger charge is 2.38. The number of anilines is 1. The summed E-state index contributed by atoms with van der Waals surface area (Å²) in [5.74, 6) is -0.926. The summed E-state index contributed by atoms with van der Waals surface area (Å²) in [6.45, 7) is 3.51. The lowest BCUT2D eigenvalue weighted by molar-refractivity contribution is -0.117. The first-order chi connectivity index (χ1) is 10.2. The van der Waals surface area contributed by atoms with Crippen molar-refractivity contribution in [1.82, 2.24) is 4.98 Å². The lowest BCUT2D eigenvalue weighted by Crippen LogP contribution is -2.28. The van der Waals surface area contributed by atoms with Crippen LogP contribution in [-0.2, 0) is 18.6 Å². The monoisotopic (exact) mass is 346 g/mol. The van der Waals surface area contributed by atoms with Gasteiger partial charge in [-0.15, -0.1) is 0 Å². The molecule has 0 spiro atoms. The van der Waals surface area contributed by atoms with Gasteiger partial charge in [0, 0.05) is 29.8 Å². The number of carbonyl (C=O) groups is 2. The molecule has 0 aliphatic carbocycles. The van der Waals surface area contributed by atoms with Crippen molar-refractivity contribution in [2.75, 3.05) is 18.1 Å². The van der Waals surface area contributed by atoms with Gasteiger partial charge in [-0.05, 0) is 19.9 Å². The van der Waals surface area contributed by atoms with Crippen LogP contribution < -0.4 is 4.90 Å². The molecule has 1 fully saturated rings. The van der Waals surface area contributed by atoms with Gasteiger partial charge in [0.15, 0.2) is 0 Å². The Morgan fingerprint density at radius 3 is 2.77 bits per heavy atom. The van der Waals surface area contributed by atoms with Gasteiger partial charge in [-0.25, -0.2) is 13.2 Å². The van der Waals surface area contributed by atoms with E-state index in [-0.39, 0.29) is 31.0 Å². The molecule has 22 heavy (non-hydrogen) atoms. The number of hydrogen-bond acceptors (Lipinski definition) is 6. The average molecular weight is 347 g/mol. The van der Waals surface area contributed by atoms with Gasteiger partial charge >= 0.3 is 5.97 Å². The maximum atomic E-state index is 12.0. The van der Waals surface area contributed by atoms with E-state index < -0.39 is 20.3 Å². The van der Waals surface area contributed by atoms with E-state index >= 15 is 0 Å². The molecule has 120 valence electrons. The van der Waals surface area contributed by atoms with E-state index in [0.29, 0.717) is 11.4 Å². The first-order valence-electron chi connectivity index (χ1n) is 6.61. The van der Waals surface area contributed by atoms with Gasteiger partial charge in [-0.2, -0.15) is 0 Å². The van der Waals surface area contributed by atoms with Crippen LogP contribution in [0.2, 0.25) is 0 Å². The molecule has 7 nitrogen and oxygen atoms in total. The van der Waals surface area contributed by atoms with Crippen LogP contribution in [0.3, 0.4) is 0 Å². The summed E-state index contributed by atoms with van der Waals surface area (Å²) in [5, 5.41) is -0.965. The quantitative estimate of drug-likeness (QED) is 0.601. The predicted molar refractivity (Wildman–Crippen MR) is 80.5 cm³/mol. The van der Waals surface area contributed by atoms with Gasteiger partial charge < -0.3 is 9.64 Å². The SMILES string of the molecule is CCOC(=O)c1cnc(C)c(N2CC(S(=O)(=O)Cl)CC2=O)c1. The molecular formula is C13H15ClN2O5S. The van der Waals surface area contributed by atoms with Crippen molar-refractivity contribution in [1.29, 1.82) is 0 Å². The lowest BCUT2D eigenvalue weighted by Gasteiger charge is -2.18. The molecule has 0 bridgehead atoms. The van der Waals surface area contributed by atoms with Crippen molar-refractivity contribution in [2.24, 2.45) is 0 Å². The number of hydrogen-bond donors (Lipinski definition) is 0. The number of nitrogens with zero attached hydrogens (tertiary/aromatic N) is 2. The number of aromatic nitrogens is 1. The zero-order valence-corrected chi connectivity index (χ0v) is 13.6. The molecule has 9 heteroatoms. The first kappa shape index (κ1) is 16.7. The number of aryl methyl sites for hydroxylation is 1. The Morgan fingerprint density at radius 1 is 1.55 bits per heavy atom. The van der Waals surface area contributed by atoms with Gasteiger partial charge in [0.25, 0.3) is 0 Å². The van der Waals surface area contributed by atoms with Crippen molar-refractivity contribution in [3.8, 4) is 0 Å². The van der Waals surface area contributed by atoms with E-state index in [4.69, 9.17) is 15.4 Å². The smallest absolute Gasteiger partial charge is 0.339 e. The molecule has 2 rings (SSSR count). The molecular weight excluding hydrogens is 332 g/mol. The number of rotatable bonds is 4. The second-order valence-corrected chi connectivity index (χ2v) is 7.76. The maximum Gasteiger partial charge on any atom is 0.339 e. The van der Waals surface area contributed by atoms with Gasteiger partial charge in [-0.1, -0.05) is 0 Å². The molecule has 0 N–H and O–H groups in total. The number of amides is 1. The number of esters is 1. The Hall–Kier alpha value is -1.67. The van der Waals surface area contributed by atoms with Crippen LogP contribution in [0, 0.1) is 6.92 Å². The Labute approximate surface area is 132 Å². The summed E-state index contributed by atoms with van der Waals surface area (Å²) in [6, 6.07) is 1.47. The van der Waals surface area contributed by atoms with E-state index in [9.17, 15) is 18.0 Å². The lowest BCUT2D eigenvalue weighted by atomic mass is 10.2. The fraction of sp³-hybridized carbons (Fsp3) is 0.462. The highest BCUT2D eigenvalue weighted by molar-refractivity contribution is 8.14. The minimum atomic E-state index is -3.83. The first-order valence-corrected chi connectivity index (χ1v) is 8.99. The van der Waals surface area contributed by atoms with E-state index in [1.807, 2.05) is 0 Å². The highest BCUT2D eigenvalue weighted by atomic mass is 35.7. The summed E-state index contributed by atoms with van der Waals surface area (Å²) in [4.78, 5) is 29.2. The zero-order chi connectivity index (χ0) is 16.5. The third-order valence-corrected chi connectivity index (χ3v) is 5.22. The van der Waals surface area contributed by atoms with Crippen molar-refractivity contribution < 1.29 is 22.7 Å². The van der Waals surface area contributed by atoms with Crippen LogP contribution in [0.5, 0.6) is 0 Å². The minimum Gasteiger partial charge on any atom is -0.462 e. The van der Waals surface area contributed by atoms with Crippen LogP contribution in [0.4, 0.5) is 5.69 Å². The number of halogens is 1. The third kappa shape index (κ3) is 3.38. The van der Waals surface area contributed by atoms with Gasteiger partial charge in [0.2, 0.25) is 15.0 Å². The molecule has 0 radical (unpaired) electrons. The van der Waals surface area contributed by atoms with Crippen molar-refractivity contribution in [3.05, 3.63) is 23.5 Å². The van der Waals surface area contributed by atoms with Crippen molar-refractivity contribution >= 4 is 37.3 Å². The summed E-state index contributed by atoms with van der Waals surface area (Å²) < 4.78 is 27.7. The largest absolute Gasteiger partial charge is 0.462 e. The summed E-state index contributed by atoms with van der Waals surface area (Å²) in [7, 11) is 1.50. The molecule has 1 unspecified atom stereocenters. The minimum absolute atomic E-state index is 0.0561. The molecule has 1 aliphatic rings. The summed E-state index contributed by atoms with van der Waals surface area (Å²) >= 11 is 0. The molecule has 0 saturated carbocycles. The Balaban J connectivity index is 2.34. The third-order valence-electron chi connectivity index (χ3n) is 3.35. The second kappa shape index (κ2) is 6.21. The molecule has 0 aromatic carbocycles. The standard InChI is InChI=1S/C13H15ClN2O5S/c1-3-21-13(18)9-4-11(8(2)15-6-9)16-7-10(5-12(16)17)22(14,19)20/h4,6,10H,3,5,7H2,1-2H3. The molecule has 1 saturated heterocycles. The summed E-state index contributed by atoms with van der Waals surface area (Å²) in [6.07, 6.45) is 1.17. The molecule has 1 aromatic rings. The fourth-order valence-electron chi connectivity index (χ4n) is 2.22. The number of pyridine rings is 1. The van der Waals surface area contributed by atoms with Crippen molar-refractivity contribution in [2.45, 2.75) is 25.5 Å². The summed E-state index contributed by atoms with van der Waals surface area (Å²) in [5.41, 5.74) is 1.10. The topological polar surface area (TPSA) is 93.6 Å². The van der Waals surface area contributed by atoms with E-state index in [2.05, 4.69) is 4.98 Å². The Morgan fingerprint density at radius 2 is 2.23 bits per heavy atom. The average Bonchev–Trinajstić information content (AvgIpc) is 2.81. The van der Waals surface area contributed by atoms with Crippen LogP contribution in [-0.4, -0.2) is 43.7 Å². The van der Waals surface area contributed by atoms with E-state index in [0.717, 1.165) is 0 Å². The van der Waals surface area contributed by atoms with E-state index in [1.54, 1.807) is 13.8 Å². The van der Waals surface area contributed by atoms with Crippen LogP contribution in [0.25, 0.3) is 0 Å². The zero-order valence-electron chi connectivity index (χ0n) is 12.1. The van der Waals surface area contributed by atoms with Crippen LogP contribution in [0.1, 0.15) is 29.4 Å². The molecule has 2 heterocycles. The molecule has 1 aromatic heterocycles. The normalized spacial score (nSPS) is 18.6. The highest BCUT2D eigenvalue weighted by Crippen LogP contribution is 2.29. The molecule has 1 atom stereocenters. The Bertz CT molecular complexity index is 719. The fourth-order valence-corrected chi connectivity index (χ4v) is 3.24. The molecule has 1 aliphatic heterocycles. The number of carbonyl (C=O) groups excluding carboxylic acids is 2.